The largest absolute Gasteiger partial charge is 0.490 e. The van der Waals surface area contributed by atoms with Crippen molar-refractivity contribution in [3.05, 3.63) is 35.9 Å². The molecule has 0 saturated heterocycles. The van der Waals surface area contributed by atoms with Gasteiger partial charge in [-0.15, -0.1) is 0 Å². The summed E-state index contributed by atoms with van der Waals surface area (Å²) in [7, 11) is 1.33. The van der Waals surface area contributed by atoms with Crippen LogP contribution in [0.15, 0.2) is 30.3 Å². The summed E-state index contributed by atoms with van der Waals surface area (Å²) >= 11 is 0. The van der Waals surface area contributed by atoms with Crippen LogP contribution in [-0.4, -0.2) is 44.8 Å². The maximum Gasteiger partial charge on any atom is 0.330 e. The highest BCUT2D eigenvalue weighted by Crippen LogP contribution is 2.34. The van der Waals surface area contributed by atoms with Crippen molar-refractivity contribution in [3.8, 4) is 5.75 Å². The topological polar surface area (TPSA) is 88.1 Å². The summed E-state index contributed by atoms with van der Waals surface area (Å²) in [5.41, 5.74) is -0.374. The zero-order valence-corrected chi connectivity index (χ0v) is 32.1. The van der Waals surface area contributed by atoms with E-state index in [9.17, 15) is 14.4 Å². The standard InChI is InChI=1S/C42H70O7/c1-7-9-10-11-12-13-14-15-16-17-18-19-20-21-22-23-33-48-40(45)42(5,8-2)32-24-31-41(3,4)39(44)49-35-34-47-37-28-25-36(26-29-37)27-30-38(43)46-6/h25-30H,7-24,31-35H2,1-6H3/b30-27+. The molecule has 0 heterocycles. The summed E-state index contributed by atoms with van der Waals surface area (Å²) in [6, 6.07) is 7.23. The minimum atomic E-state index is -0.667. The summed E-state index contributed by atoms with van der Waals surface area (Å²) < 4.78 is 21.5. The predicted octanol–water partition coefficient (Wildman–Crippen LogP) is 11.2. The summed E-state index contributed by atoms with van der Waals surface area (Å²) in [5.74, 6) is -0.168. The summed E-state index contributed by atoms with van der Waals surface area (Å²) in [6.45, 7) is 10.9. The van der Waals surface area contributed by atoms with Gasteiger partial charge in [0.1, 0.15) is 19.0 Å². The lowest BCUT2D eigenvalue weighted by molar-refractivity contribution is -0.156. The first kappa shape index (κ1) is 44.2. The lowest BCUT2D eigenvalue weighted by Gasteiger charge is -2.28. The zero-order valence-electron chi connectivity index (χ0n) is 32.1. The zero-order chi connectivity index (χ0) is 36.2. The van der Waals surface area contributed by atoms with Crippen LogP contribution in [0.5, 0.6) is 5.75 Å². The normalized spacial score (nSPS) is 12.9. The van der Waals surface area contributed by atoms with Crippen LogP contribution in [0.2, 0.25) is 0 Å². The Hall–Kier alpha value is -2.83. The van der Waals surface area contributed by atoms with Gasteiger partial charge >= 0.3 is 17.9 Å². The third-order valence-corrected chi connectivity index (χ3v) is 9.67. The molecule has 0 aliphatic rings. The molecule has 0 saturated carbocycles. The fraction of sp³-hybridized carbons (Fsp3) is 0.738. The van der Waals surface area contributed by atoms with E-state index in [1.54, 1.807) is 18.2 Å². The van der Waals surface area contributed by atoms with Gasteiger partial charge in [-0.25, -0.2) is 4.79 Å². The highest BCUT2D eigenvalue weighted by Gasteiger charge is 2.35. The highest BCUT2D eigenvalue weighted by molar-refractivity contribution is 5.86. The molecule has 1 unspecified atom stereocenters. The number of rotatable bonds is 30. The van der Waals surface area contributed by atoms with E-state index in [1.807, 2.05) is 39.8 Å². The number of ether oxygens (including phenoxy) is 4. The molecule has 1 aromatic carbocycles. The van der Waals surface area contributed by atoms with Gasteiger partial charge in [-0.05, 0) is 70.2 Å². The first-order valence-electron chi connectivity index (χ1n) is 19.4. The Balaban J connectivity index is 2.16. The van der Waals surface area contributed by atoms with Gasteiger partial charge in [-0.3, -0.25) is 9.59 Å². The third-order valence-electron chi connectivity index (χ3n) is 9.67. The quantitative estimate of drug-likeness (QED) is 0.0344. The van der Waals surface area contributed by atoms with Gasteiger partial charge in [0.25, 0.3) is 0 Å². The number of carbonyl (C=O) groups excluding carboxylic acids is 3. The monoisotopic (exact) mass is 687 g/mol. The lowest BCUT2D eigenvalue weighted by atomic mass is 9.79. The van der Waals surface area contributed by atoms with Crippen LogP contribution in [0.25, 0.3) is 6.08 Å². The summed E-state index contributed by atoms with van der Waals surface area (Å²) in [6.07, 6.45) is 26.9. The maximum absolute atomic E-state index is 13.0. The molecular formula is C42H70O7. The number of carbonyl (C=O) groups is 3. The van der Waals surface area contributed by atoms with Gasteiger partial charge < -0.3 is 18.9 Å². The van der Waals surface area contributed by atoms with Crippen molar-refractivity contribution < 1.29 is 33.3 Å². The van der Waals surface area contributed by atoms with Crippen molar-refractivity contribution >= 4 is 24.0 Å². The van der Waals surface area contributed by atoms with Crippen molar-refractivity contribution in [1.82, 2.24) is 0 Å². The first-order valence-corrected chi connectivity index (χ1v) is 19.4. The molecule has 0 aromatic heterocycles. The molecule has 0 N–H and O–H groups in total. The average Bonchev–Trinajstić information content (AvgIpc) is 3.10. The number of unbranched alkanes of at least 4 members (excludes halogenated alkanes) is 15. The molecule has 0 aliphatic heterocycles. The molecule has 0 aliphatic carbocycles. The Labute approximate surface area is 299 Å². The molecule has 0 amide bonds. The van der Waals surface area contributed by atoms with E-state index >= 15 is 0 Å². The van der Waals surface area contributed by atoms with Crippen molar-refractivity contribution in [2.45, 2.75) is 163 Å². The average molecular weight is 687 g/mol. The number of esters is 3. The molecule has 0 radical (unpaired) electrons. The summed E-state index contributed by atoms with van der Waals surface area (Å²) in [5, 5.41) is 0. The molecule has 1 aromatic rings. The molecule has 0 bridgehead atoms. The van der Waals surface area contributed by atoms with Crippen LogP contribution in [0.3, 0.4) is 0 Å². The Morgan fingerprint density at radius 2 is 1.12 bits per heavy atom. The van der Waals surface area contributed by atoms with E-state index in [2.05, 4.69) is 11.7 Å². The minimum Gasteiger partial charge on any atom is -0.490 e. The molecule has 0 fully saturated rings. The molecule has 0 spiro atoms. The van der Waals surface area contributed by atoms with Crippen molar-refractivity contribution in [1.29, 1.82) is 0 Å². The molecule has 49 heavy (non-hydrogen) atoms. The Morgan fingerprint density at radius 1 is 0.612 bits per heavy atom. The fourth-order valence-corrected chi connectivity index (χ4v) is 5.83. The molecule has 1 rings (SSSR count). The van der Waals surface area contributed by atoms with Gasteiger partial charge in [0.2, 0.25) is 0 Å². The molecular weight excluding hydrogens is 616 g/mol. The smallest absolute Gasteiger partial charge is 0.330 e. The number of benzene rings is 1. The first-order chi connectivity index (χ1) is 23.6. The van der Waals surface area contributed by atoms with Crippen LogP contribution in [-0.2, 0) is 28.6 Å². The third kappa shape index (κ3) is 21.1. The SMILES string of the molecule is CCCCCCCCCCCCCCCCCCOC(=O)C(C)(CC)CCCC(C)(C)C(=O)OCCOc1ccc(/C=C/C(=O)OC)cc1. The second-order valence-electron chi connectivity index (χ2n) is 14.5. The van der Waals surface area contributed by atoms with E-state index in [4.69, 9.17) is 14.2 Å². The Kier molecular flexibility index (Phi) is 24.3. The lowest BCUT2D eigenvalue weighted by Crippen LogP contribution is -2.31. The predicted molar refractivity (Wildman–Crippen MR) is 200 cm³/mol. The Bertz CT molecular complexity index is 1050. The maximum atomic E-state index is 13.0. The Morgan fingerprint density at radius 3 is 1.63 bits per heavy atom. The second-order valence-corrected chi connectivity index (χ2v) is 14.5. The van der Waals surface area contributed by atoms with Gasteiger partial charge in [-0.2, -0.15) is 0 Å². The second kappa shape index (κ2) is 27.0. The van der Waals surface area contributed by atoms with Crippen LogP contribution >= 0.6 is 0 Å². The van der Waals surface area contributed by atoms with Crippen molar-refractivity contribution in [2.75, 3.05) is 26.9 Å². The molecule has 7 nitrogen and oxygen atoms in total. The molecule has 7 heteroatoms. The van der Waals surface area contributed by atoms with Crippen LogP contribution in [0.1, 0.15) is 169 Å². The molecule has 1 atom stereocenters. The van der Waals surface area contributed by atoms with Crippen LogP contribution < -0.4 is 4.74 Å². The van der Waals surface area contributed by atoms with Gasteiger partial charge in [0.15, 0.2) is 0 Å². The van der Waals surface area contributed by atoms with Crippen molar-refractivity contribution in [2.24, 2.45) is 10.8 Å². The van der Waals surface area contributed by atoms with Crippen LogP contribution in [0, 0.1) is 10.8 Å². The number of hydrogen-bond donors (Lipinski definition) is 0. The van der Waals surface area contributed by atoms with Gasteiger partial charge in [0, 0.05) is 6.08 Å². The van der Waals surface area contributed by atoms with E-state index < -0.39 is 16.8 Å². The van der Waals surface area contributed by atoms with Gasteiger partial charge in [0.05, 0.1) is 24.5 Å². The van der Waals surface area contributed by atoms with Crippen molar-refractivity contribution in [3.63, 3.8) is 0 Å². The number of methoxy groups -OCH3 is 1. The van der Waals surface area contributed by atoms with E-state index in [-0.39, 0.29) is 25.2 Å². The van der Waals surface area contributed by atoms with E-state index in [0.29, 0.717) is 31.6 Å². The van der Waals surface area contributed by atoms with Gasteiger partial charge in [-0.1, -0.05) is 129 Å². The fourth-order valence-electron chi connectivity index (χ4n) is 5.83. The van der Waals surface area contributed by atoms with E-state index in [0.717, 1.165) is 24.8 Å². The molecule has 280 valence electrons. The minimum absolute atomic E-state index is 0.124. The summed E-state index contributed by atoms with van der Waals surface area (Å²) in [4.78, 5) is 37.0. The highest BCUT2D eigenvalue weighted by atomic mass is 16.6. The van der Waals surface area contributed by atoms with E-state index in [1.165, 1.54) is 103 Å². The number of hydrogen-bond acceptors (Lipinski definition) is 7. The van der Waals surface area contributed by atoms with Crippen LogP contribution in [0.4, 0.5) is 0 Å².